The van der Waals surface area contributed by atoms with Crippen LogP contribution in [0.15, 0.2) is 35.6 Å². The van der Waals surface area contributed by atoms with Gasteiger partial charge in [-0.25, -0.2) is 19.0 Å². The predicted molar refractivity (Wildman–Crippen MR) is 97.3 cm³/mol. The van der Waals surface area contributed by atoms with Crippen LogP contribution in [0, 0.1) is 5.82 Å². The van der Waals surface area contributed by atoms with Gasteiger partial charge in [0.25, 0.3) is 0 Å². The Hall–Kier alpha value is -2.55. The molecule has 0 bridgehead atoms. The third kappa shape index (κ3) is 3.98. The third-order valence-electron chi connectivity index (χ3n) is 3.96. The van der Waals surface area contributed by atoms with Crippen molar-refractivity contribution in [2.24, 2.45) is 0 Å². The number of hydrogen-bond acceptors (Lipinski definition) is 6. The zero-order valence-electron chi connectivity index (χ0n) is 14.6. The average molecular weight is 374 g/mol. The molecule has 26 heavy (non-hydrogen) atoms. The van der Waals surface area contributed by atoms with Gasteiger partial charge in [0, 0.05) is 13.1 Å². The van der Waals surface area contributed by atoms with Gasteiger partial charge in [-0.15, -0.1) is 5.10 Å². The monoisotopic (exact) mass is 374 g/mol. The van der Waals surface area contributed by atoms with E-state index in [2.05, 4.69) is 20.3 Å². The Morgan fingerprint density at radius 2 is 1.92 bits per heavy atom. The van der Waals surface area contributed by atoms with Crippen LogP contribution in [0.3, 0.4) is 0 Å². The summed E-state index contributed by atoms with van der Waals surface area (Å²) in [6.07, 6.45) is 1.44. The molecule has 0 aliphatic heterocycles. The first-order valence-electron chi connectivity index (χ1n) is 8.31. The number of halogens is 1. The third-order valence-corrected chi connectivity index (χ3v) is 4.92. The summed E-state index contributed by atoms with van der Waals surface area (Å²) >= 11 is 1.33. The Morgan fingerprint density at radius 1 is 1.19 bits per heavy atom. The van der Waals surface area contributed by atoms with Crippen LogP contribution in [0.5, 0.6) is 0 Å². The molecule has 0 N–H and O–H groups in total. The molecule has 0 atom stereocenters. The number of fused-ring (bicyclic) bond motifs is 1. The summed E-state index contributed by atoms with van der Waals surface area (Å²) in [5, 5.41) is 8.92. The number of hydrogen-bond donors (Lipinski definition) is 0. The maximum absolute atomic E-state index is 13.0. The highest BCUT2D eigenvalue weighted by molar-refractivity contribution is 8.00. The van der Waals surface area contributed by atoms with E-state index in [1.807, 2.05) is 13.8 Å². The quantitative estimate of drug-likeness (QED) is 0.467. The van der Waals surface area contributed by atoms with Crippen LogP contribution in [-0.2, 0) is 11.3 Å². The topological polar surface area (TPSA) is 76.8 Å². The minimum atomic E-state index is -0.281. The van der Waals surface area contributed by atoms with Crippen molar-refractivity contribution in [3.63, 3.8) is 0 Å². The van der Waals surface area contributed by atoms with E-state index in [0.29, 0.717) is 41.6 Å². The zero-order chi connectivity index (χ0) is 18.5. The molecule has 0 saturated carbocycles. The van der Waals surface area contributed by atoms with Crippen molar-refractivity contribution in [2.75, 3.05) is 18.8 Å². The maximum atomic E-state index is 13.0. The molecule has 0 unspecified atom stereocenters. The molecular weight excluding hydrogens is 355 g/mol. The highest BCUT2D eigenvalue weighted by Gasteiger charge is 2.15. The summed E-state index contributed by atoms with van der Waals surface area (Å²) in [5.41, 5.74) is 2.04. The summed E-state index contributed by atoms with van der Waals surface area (Å²) in [6, 6.07) is 6.21. The van der Waals surface area contributed by atoms with E-state index >= 15 is 0 Å². The van der Waals surface area contributed by atoms with Crippen molar-refractivity contribution in [3.8, 4) is 0 Å². The fraction of sp³-hybridized carbons (Fsp3) is 0.353. The number of carbonyl (C=O) groups is 1. The highest BCUT2D eigenvalue weighted by atomic mass is 32.2. The summed E-state index contributed by atoms with van der Waals surface area (Å²) in [7, 11) is 0. The first kappa shape index (κ1) is 18.2. The van der Waals surface area contributed by atoms with E-state index in [0.717, 1.165) is 5.56 Å². The Kier molecular flexibility index (Phi) is 5.77. The Labute approximate surface area is 154 Å². The van der Waals surface area contributed by atoms with Gasteiger partial charge in [-0.1, -0.05) is 29.1 Å². The van der Waals surface area contributed by atoms with Crippen LogP contribution in [0.25, 0.3) is 11.2 Å². The van der Waals surface area contributed by atoms with Gasteiger partial charge in [-0.2, -0.15) is 0 Å². The fourth-order valence-electron chi connectivity index (χ4n) is 2.54. The lowest BCUT2D eigenvalue weighted by Gasteiger charge is -2.17. The minimum absolute atomic E-state index is 0.0606. The normalized spacial score (nSPS) is 11.0. The van der Waals surface area contributed by atoms with Crippen molar-refractivity contribution < 1.29 is 9.18 Å². The lowest BCUT2D eigenvalue weighted by Crippen LogP contribution is -2.31. The maximum Gasteiger partial charge on any atom is 0.232 e. The van der Waals surface area contributed by atoms with Crippen LogP contribution in [-0.4, -0.2) is 54.6 Å². The highest BCUT2D eigenvalue weighted by Crippen LogP contribution is 2.23. The second-order valence-electron chi connectivity index (χ2n) is 5.58. The number of aromatic nitrogens is 5. The Morgan fingerprint density at radius 3 is 2.62 bits per heavy atom. The smallest absolute Gasteiger partial charge is 0.232 e. The largest absolute Gasteiger partial charge is 0.343 e. The molecule has 2 heterocycles. The number of carbonyl (C=O) groups excluding carboxylic acids is 1. The Balaban J connectivity index is 1.78. The van der Waals surface area contributed by atoms with Crippen LogP contribution in [0.1, 0.15) is 19.4 Å². The molecule has 3 rings (SSSR count). The molecule has 0 radical (unpaired) electrons. The van der Waals surface area contributed by atoms with E-state index in [-0.39, 0.29) is 11.7 Å². The second kappa shape index (κ2) is 8.22. The van der Waals surface area contributed by atoms with Gasteiger partial charge >= 0.3 is 0 Å². The van der Waals surface area contributed by atoms with Gasteiger partial charge in [0.2, 0.25) is 5.91 Å². The molecule has 9 heteroatoms. The van der Waals surface area contributed by atoms with Crippen molar-refractivity contribution in [1.82, 2.24) is 29.9 Å². The number of thioether (sulfide) groups is 1. The van der Waals surface area contributed by atoms with E-state index in [1.165, 1.54) is 30.2 Å². The molecule has 136 valence electrons. The molecule has 0 fully saturated rings. The summed E-state index contributed by atoms with van der Waals surface area (Å²) in [4.78, 5) is 22.4. The first-order valence-corrected chi connectivity index (χ1v) is 9.30. The number of amides is 1. The van der Waals surface area contributed by atoms with Crippen LogP contribution < -0.4 is 0 Å². The number of rotatable bonds is 7. The van der Waals surface area contributed by atoms with Crippen LogP contribution in [0.2, 0.25) is 0 Å². The van der Waals surface area contributed by atoms with Gasteiger partial charge in [0.1, 0.15) is 17.2 Å². The van der Waals surface area contributed by atoms with Crippen LogP contribution in [0.4, 0.5) is 4.39 Å². The Bertz CT molecular complexity index is 894. The molecular formula is C17H19FN6OS. The molecule has 1 amide bonds. The SMILES string of the molecule is CCN(CC)C(=O)CSc1ncnc2c1nnn2Cc1ccc(F)cc1. The van der Waals surface area contributed by atoms with Crippen molar-refractivity contribution >= 4 is 28.8 Å². The van der Waals surface area contributed by atoms with Crippen molar-refractivity contribution in [2.45, 2.75) is 25.4 Å². The van der Waals surface area contributed by atoms with Crippen LogP contribution >= 0.6 is 11.8 Å². The molecule has 0 aliphatic carbocycles. The second-order valence-corrected chi connectivity index (χ2v) is 6.54. The fourth-order valence-corrected chi connectivity index (χ4v) is 3.38. The molecule has 1 aromatic carbocycles. The van der Waals surface area contributed by atoms with E-state index in [1.54, 1.807) is 21.7 Å². The molecule has 2 aromatic heterocycles. The van der Waals surface area contributed by atoms with E-state index < -0.39 is 0 Å². The van der Waals surface area contributed by atoms with E-state index in [9.17, 15) is 9.18 Å². The molecule has 0 aliphatic rings. The van der Waals surface area contributed by atoms with Gasteiger partial charge < -0.3 is 4.90 Å². The molecule has 0 spiro atoms. The van der Waals surface area contributed by atoms with Crippen molar-refractivity contribution in [1.29, 1.82) is 0 Å². The minimum Gasteiger partial charge on any atom is -0.343 e. The predicted octanol–water partition coefficient (Wildman–Crippen LogP) is 2.37. The first-order chi connectivity index (χ1) is 12.6. The molecule has 7 nitrogen and oxygen atoms in total. The van der Waals surface area contributed by atoms with E-state index in [4.69, 9.17) is 0 Å². The van der Waals surface area contributed by atoms with Gasteiger partial charge in [-0.3, -0.25) is 4.79 Å². The van der Waals surface area contributed by atoms with Gasteiger partial charge in [0.15, 0.2) is 11.2 Å². The summed E-state index contributed by atoms with van der Waals surface area (Å²) < 4.78 is 14.7. The number of benzene rings is 1. The summed E-state index contributed by atoms with van der Waals surface area (Å²) in [5.74, 6) is 0.0695. The number of nitrogens with zero attached hydrogens (tertiary/aromatic N) is 6. The van der Waals surface area contributed by atoms with Gasteiger partial charge in [0.05, 0.1) is 12.3 Å². The zero-order valence-corrected chi connectivity index (χ0v) is 15.4. The average Bonchev–Trinajstić information content (AvgIpc) is 3.06. The lowest BCUT2D eigenvalue weighted by molar-refractivity contribution is -0.127. The lowest BCUT2D eigenvalue weighted by atomic mass is 10.2. The molecule has 3 aromatic rings. The van der Waals surface area contributed by atoms with Gasteiger partial charge in [-0.05, 0) is 31.5 Å². The summed E-state index contributed by atoms with van der Waals surface area (Å²) in [6.45, 7) is 5.70. The van der Waals surface area contributed by atoms with Crippen molar-refractivity contribution in [3.05, 3.63) is 42.0 Å². The molecule has 0 saturated heterocycles. The standard InChI is InChI=1S/C17H19FN6OS/c1-3-23(4-2)14(25)10-26-17-15-16(19-11-20-17)24(22-21-15)9-12-5-7-13(18)8-6-12/h5-8,11H,3-4,9-10H2,1-2H3.